The molecule has 7 nitrogen and oxygen atoms in total. The van der Waals surface area contributed by atoms with Gasteiger partial charge in [0.15, 0.2) is 0 Å². The summed E-state index contributed by atoms with van der Waals surface area (Å²) in [6.07, 6.45) is 1.89. The van der Waals surface area contributed by atoms with Crippen molar-refractivity contribution in [3.63, 3.8) is 0 Å². The fourth-order valence-electron chi connectivity index (χ4n) is 1.82. The highest BCUT2D eigenvalue weighted by Gasteiger charge is 2.10. The van der Waals surface area contributed by atoms with Gasteiger partial charge in [-0.1, -0.05) is 5.21 Å². The van der Waals surface area contributed by atoms with Gasteiger partial charge < -0.3 is 14.6 Å². The number of aliphatic hydroxyl groups excluding tert-OH is 1. The minimum absolute atomic E-state index is 0.0329. The van der Waals surface area contributed by atoms with Crippen LogP contribution in [0.25, 0.3) is 0 Å². The molecule has 1 fully saturated rings. The second-order valence-electron chi connectivity index (χ2n) is 4.20. The van der Waals surface area contributed by atoms with E-state index in [9.17, 15) is 0 Å². The van der Waals surface area contributed by atoms with Gasteiger partial charge in [0.2, 0.25) is 0 Å². The first-order chi connectivity index (χ1) is 8.88. The van der Waals surface area contributed by atoms with E-state index in [4.69, 9.17) is 14.6 Å². The minimum atomic E-state index is 0.0329. The van der Waals surface area contributed by atoms with Gasteiger partial charge in [0.1, 0.15) is 5.69 Å². The van der Waals surface area contributed by atoms with Crippen molar-refractivity contribution in [3.8, 4) is 0 Å². The van der Waals surface area contributed by atoms with E-state index < -0.39 is 0 Å². The SMILES string of the molecule is OCCOCc1cn(CCN2CCOCC2)nn1. The third kappa shape index (κ3) is 4.34. The Hall–Kier alpha value is -1.02. The molecule has 0 radical (unpaired) electrons. The Morgan fingerprint density at radius 3 is 2.94 bits per heavy atom. The van der Waals surface area contributed by atoms with Crippen molar-refractivity contribution >= 4 is 0 Å². The first-order valence-corrected chi connectivity index (χ1v) is 6.26. The largest absolute Gasteiger partial charge is 0.394 e. The van der Waals surface area contributed by atoms with Crippen molar-refractivity contribution in [1.29, 1.82) is 0 Å². The number of aliphatic hydroxyl groups is 1. The van der Waals surface area contributed by atoms with E-state index in [2.05, 4.69) is 15.2 Å². The average molecular weight is 256 g/mol. The van der Waals surface area contributed by atoms with Gasteiger partial charge in [-0.3, -0.25) is 9.58 Å². The van der Waals surface area contributed by atoms with Crippen molar-refractivity contribution in [2.24, 2.45) is 0 Å². The van der Waals surface area contributed by atoms with Crippen LogP contribution in [0.5, 0.6) is 0 Å². The molecule has 0 aliphatic carbocycles. The van der Waals surface area contributed by atoms with Gasteiger partial charge in [-0.15, -0.1) is 5.10 Å². The van der Waals surface area contributed by atoms with Crippen LogP contribution in [0.4, 0.5) is 0 Å². The Balaban J connectivity index is 1.69. The Labute approximate surface area is 106 Å². The molecule has 0 aromatic carbocycles. The first kappa shape index (κ1) is 13.4. The highest BCUT2D eigenvalue weighted by Crippen LogP contribution is 1.99. The maximum absolute atomic E-state index is 8.60. The van der Waals surface area contributed by atoms with Crippen LogP contribution in [0, 0.1) is 0 Å². The van der Waals surface area contributed by atoms with E-state index in [1.54, 1.807) is 0 Å². The topological polar surface area (TPSA) is 72.6 Å². The summed E-state index contributed by atoms with van der Waals surface area (Å²) in [5, 5.41) is 16.7. The maximum Gasteiger partial charge on any atom is 0.108 e. The molecule has 0 unspecified atom stereocenters. The van der Waals surface area contributed by atoms with Crippen molar-refractivity contribution in [2.75, 3.05) is 46.1 Å². The summed E-state index contributed by atoms with van der Waals surface area (Å²) in [7, 11) is 0. The first-order valence-electron chi connectivity index (χ1n) is 6.26. The third-order valence-electron chi connectivity index (χ3n) is 2.82. The smallest absolute Gasteiger partial charge is 0.108 e. The molecule has 1 aliphatic heterocycles. The second kappa shape index (κ2) is 7.42. The molecule has 1 saturated heterocycles. The lowest BCUT2D eigenvalue weighted by molar-refractivity contribution is 0.0359. The highest BCUT2D eigenvalue weighted by atomic mass is 16.5. The number of hydrogen-bond acceptors (Lipinski definition) is 6. The van der Waals surface area contributed by atoms with E-state index >= 15 is 0 Å². The van der Waals surface area contributed by atoms with Crippen LogP contribution in [0.1, 0.15) is 5.69 Å². The van der Waals surface area contributed by atoms with Crippen LogP contribution in [-0.2, 0) is 22.6 Å². The van der Waals surface area contributed by atoms with E-state index in [0.717, 1.165) is 45.1 Å². The molecule has 1 aromatic rings. The van der Waals surface area contributed by atoms with Gasteiger partial charge in [0, 0.05) is 19.6 Å². The molecule has 1 aromatic heterocycles. The Morgan fingerprint density at radius 2 is 2.17 bits per heavy atom. The number of morpholine rings is 1. The highest BCUT2D eigenvalue weighted by molar-refractivity contribution is 4.89. The predicted octanol–water partition coefficient (Wildman–Crippen LogP) is -0.881. The molecule has 0 amide bonds. The Morgan fingerprint density at radius 1 is 1.33 bits per heavy atom. The number of nitrogens with zero attached hydrogens (tertiary/aromatic N) is 4. The fourth-order valence-corrected chi connectivity index (χ4v) is 1.82. The molecule has 2 rings (SSSR count). The van der Waals surface area contributed by atoms with Gasteiger partial charge in [-0.2, -0.15) is 0 Å². The lowest BCUT2D eigenvalue weighted by Gasteiger charge is -2.26. The molecule has 2 heterocycles. The minimum Gasteiger partial charge on any atom is -0.394 e. The van der Waals surface area contributed by atoms with Gasteiger partial charge in [-0.05, 0) is 0 Å². The van der Waals surface area contributed by atoms with Gasteiger partial charge in [0.25, 0.3) is 0 Å². The Kier molecular flexibility index (Phi) is 5.53. The summed E-state index contributed by atoms with van der Waals surface area (Å²) < 4.78 is 12.3. The lowest BCUT2D eigenvalue weighted by Crippen LogP contribution is -2.38. The van der Waals surface area contributed by atoms with E-state index in [1.165, 1.54) is 0 Å². The number of hydrogen-bond donors (Lipinski definition) is 1. The Bertz CT molecular complexity index is 339. The molecule has 1 aliphatic rings. The van der Waals surface area contributed by atoms with Crippen molar-refractivity contribution in [3.05, 3.63) is 11.9 Å². The van der Waals surface area contributed by atoms with Crippen LogP contribution >= 0.6 is 0 Å². The molecular formula is C11H20N4O3. The van der Waals surface area contributed by atoms with Crippen LogP contribution in [-0.4, -0.2) is 71.1 Å². The predicted molar refractivity (Wildman–Crippen MR) is 64.0 cm³/mol. The zero-order chi connectivity index (χ0) is 12.6. The van der Waals surface area contributed by atoms with E-state index in [0.29, 0.717) is 13.2 Å². The summed E-state index contributed by atoms with van der Waals surface area (Å²) in [5.41, 5.74) is 0.797. The zero-order valence-corrected chi connectivity index (χ0v) is 10.5. The molecule has 0 bridgehead atoms. The summed E-state index contributed by atoms with van der Waals surface area (Å²) in [4.78, 5) is 2.35. The summed E-state index contributed by atoms with van der Waals surface area (Å²) in [6, 6.07) is 0. The van der Waals surface area contributed by atoms with Crippen LogP contribution in [0.3, 0.4) is 0 Å². The molecular weight excluding hydrogens is 236 g/mol. The van der Waals surface area contributed by atoms with Gasteiger partial charge >= 0.3 is 0 Å². The summed E-state index contributed by atoms with van der Waals surface area (Å²) >= 11 is 0. The molecule has 18 heavy (non-hydrogen) atoms. The van der Waals surface area contributed by atoms with E-state index in [-0.39, 0.29) is 6.61 Å². The monoisotopic (exact) mass is 256 g/mol. The standard InChI is InChI=1S/C11H20N4O3/c16-5-8-18-10-11-9-15(13-12-11)2-1-14-3-6-17-7-4-14/h9,16H,1-8,10H2. The normalized spacial score (nSPS) is 17.2. The second-order valence-corrected chi connectivity index (χ2v) is 4.20. The third-order valence-corrected chi connectivity index (χ3v) is 2.82. The number of rotatable bonds is 7. The van der Waals surface area contributed by atoms with Gasteiger partial charge in [0.05, 0.1) is 45.8 Å². The zero-order valence-electron chi connectivity index (χ0n) is 10.5. The van der Waals surface area contributed by atoms with Gasteiger partial charge in [-0.25, -0.2) is 0 Å². The fraction of sp³-hybridized carbons (Fsp3) is 0.818. The van der Waals surface area contributed by atoms with Crippen LogP contribution in [0.2, 0.25) is 0 Å². The molecule has 1 N–H and O–H groups in total. The number of aromatic nitrogens is 3. The molecule has 0 saturated carbocycles. The molecule has 102 valence electrons. The number of ether oxygens (including phenoxy) is 2. The molecule has 0 atom stereocenters. The quantitative estimate of drug-likeness (QED) is 0.639. The van der Waals surface area contributed by atoms with Crippen LogP contribution in [0.15, 0.2) is 6.20 Å². The maximum atomic E-state index is 8.60. The van der Waals surface area contributed by atoms with Crippen molar-refractivity contribution in [1.82, 2.24) is 19.9 Å². The summed E-state index contributed by atoms with van der Waals surface area (Å²) in [6.45, 7) is 6.16. The lowest BCUT2D eigenvalue weighted by atomic mass is 10.4. The van der Waals surface area contributed by atoms with Crippen molar-refractivity contribution in [2.45, 2.75) is 13.2 Å². The van der Waals surface area contributed by atoms with E-state index in [1.807, 2.05) is 10.9 Å². The molecule has 0 spiro atoms. The van der Waals surface area contributed by atoms with Crippen molar-refractivity contribution < 1.29 is 14.6 Å². The summed E-state index contributed by atoms with van der Waals surface area (Å²) in [5.74, 6) is 0. The van der Waals surface area contributed by atoms with Crippen LogP contribution < -0.4 is 0 Å². The molecule has 7 heteroatoms. The average Bonchev–Trinajstić information content (AvgIpc) is 2.86.